The molecule has 0 spiro atoms. The third-order valence-corrected chi connectivity index (χ3v) is 4.53. The average Bonchev–Trinajstić information content (AvgIpc) is 2.39. The van der Waals surface area contributed by atoms with Crippen molar-refractivity contribution in [3.8, 4) is 0 Å². The van der Waals surface area contributed by atoms with Gasteiger partial charge in [0, 0.05) is 11.5 Å². The van der Waals surface area contributed by atoms with Crippen molar-refractivity contribution in [3.63, 3.8) is 0 Å². The van der Waals surface area contributed by atoms with E-state index in [1.807, 2.05) is 0 Å². The van der Waals surface area contributed by atoms with E-state index >= 15 is 0 Å². The standard InChI is InChI=1S/C15H22N2O/c1-10-5-4-6-11(9-10)14-16-13-8-3-2-7-12(13)15(18)17-14/h10-11H,2-9H2,1H3,(H,16,17,18). The molecule has 1 aromatic heterocycles. The molecule has 2 aliphatic rings. The number of fused-ring (bicyclic) bond motifs is 1. The summed E-state index contributed by atoms with van der Waals surface area (Å²) in [7, 11) is 0. The van der Waals surface area contributed by atoms with Crippen molar-refractivity contribution in [2.45, 2.75) is 64.2 Å². The highest BCUT2D eigenvalue weighted by molar-refractivity contribution is 5.21. The van der Waals surface area contributed by atoms with Crippen LogP contribution in [0.5, 0.6) is 0 Å². The molecule has 0 amide bonds. The van der Waals surface area contributed by atoms with Gasteiger partial charge in [-0.1, -0.05) is 19.8 Å². The first kappa shape index (κ1) is 11.9. The zero-order chi connectivity index (χ0) is 12.5. The maximum Gasteiger partial charge on any atom is 0.254 e. The van der Waals surface area contributed by atoms with Gasteiger partial charge in [-0.2, -0.15) is 0 Å². The van der Waals surface area contributed by atoms with Crippen LogP contribution in [-0.4, -0.2) is 9.97 Å². The van der Waals surface area contributed by atoms with Crippen LogP contribution in [0.2, 0.25) is 0 Å². The molecule has 3 nitrogen and oxygen atoms in total. The Morgan fingerprint density at radius 1 is 1.17 bits per heavy atom. The predicted octanol–water partition coefficient (Wildman–Crippen LogP) is 2.94. The van der Waals surface area contributed by atoms with Crippen LogP contribution in [0.25, 0.3) is 0 Å². The normalized spacial score (nSPS) is 27.8. The Morgan fingerprint density at radius 3 is 2.83 bits per heavy atom. The molecule has 1 N–H and O–H groups in total. The number of aromatic nitrogens is 2. The Kier molecular flexibility index (Phi) is 3.23. The van der Waals surface area contributed by atoms with Gasteiger partial charge < -0.3 is 4.98 Å². The molecule has 0 radical (unpaired) electrons. The smallest absolute Gasteiger partial charge is 0.254 e. The van der Waals surface area contributed by atoms with E-state index in [4.69, 9.17) is 4.98 Å². The largest absolute Gasteiger partial charge is 0.310 e. The molecule has 2 atom stereocenters. The van der Waals surface area contributed by atoms with Crippen molar-refractivity contribution in [2.75, 3.05) is 0 Å². The lowest BCUT2D eigenvalue weighted by molar-refractivity contribution is 0.334. The second-order valence-corrected chi connectivity index (χ2v) is 6.05. The van der Waals surface area contributed by atoms with Gasteiger partial charge in [0.2, 0.25) is 0 Å². The van der Waals surface area contributed by atoms with Crippen LogP contribution in [0.1, 0.15) is 68.4 Å². The second kappa shape index (κ2) is 4.87. The lowest BCUT2D eigenvalue weighted by atomic mass is 9.82. The van der Waals surface area contributed by atoms with Crippen molar-refractivity contribution in [3.05, 3.63) is 27.4 Å². The number of aromatic amines is 1. The quantitative estimate of drug-likeness (QED) is 0.828. The van der Waals surface area contributed by atoms with Crippen LogP contribution in [0, 0.1) is 5.92 Å². The van der Waals surface area contributed by atoms with Crippen LogP contribution >= 0.6 is 0 Å². The molecule has 3 heteroatoms. The molecule has 3 rings (SSSR count). The van der Waals surface area contributed by atoms with E-state index in [2.05, 4.69) is 11.9 Å². The zero-order valence-electron chi connectivity index (χ0n) is 11.2. The highest BCUT2D eigenvalue weighted by atomic mass is 16.1. The summed E-state index contributed by atoms with van der Waals surface area (Å²) in [5.74, 6) is 2.21. The Balaban J connectivity index is 1.93. The lowest BCUT2D eigenvalue weighted by Gasteiger charge is -2.26. The number of rotatable bonds is 1. The Morgan fingerprint density at radius 2 is 2.00 bits per heavy atom. The molecule has 1 aromatic rings. The van der Waals surface area contributed by atoms with Gasteiger partial charge in [0.1, 0.15) is 5.82 Å². The zero-order valence-corrected chi connectivity index (χ0v) is 11.2. The van der Waals surface area contributed by atoms with Crippen molar-refractivity contribution in [2.24, 2.45) is 5.92 Å². The minimum Gasteiger partial charge on any atom is -0.310 e. The summed E-state index contributed by atoms with van der Waals surface area (Å²) in [5, 5.41) is 0. The molecular formula is C15H22N2O. The summed E-state index contributed by atoms with van der Waals surface area (Å²) in [6.45, 7) is 2.31. The Bertz CT molecular complexity index is 492. The molecule has 0 saturated heterocycles. The molecule has 2 aliphatic carbocycles. The van der Waals surface area contributed by atoms with Gasteiger partial charge in [-0.15, -0.1) is 0 Å². The molecule has 2 unspecified atom stereocenters. The number of H-pyrrole nitrogens is 1. The third kappa shape index (κ3) is 2.23. The first-order valence-electron chi connectivity index (χ1n) is 7.36. The third-order valence-electron chi connectivity index (χ3n) is 4.53. The first-order valence-corrected chi connectivity index (χ1v) is 7.36. The van der Waals surface area contributed by atoms with Crippen molar-refractivity contribution in [1.29, 1.82) is 0 Å². The number of nitrogens with one attached hydrogen (secondary N) is 1. The van der Waals surface area contributed by atoms with Crippen molar-refractivity contribution in [1.82, 2.24) is 9.97 Å². The summed E-state index contributed by atoms with van der Waals surface area (Å²) in [4.78, 5) is 19.9. The van der Waals surface area contributed by atoms with Crippen LogP contribution in [0.4, 0.5) is 0 Å². The van der Waals surface area contributed by atoms with E-state index in [-0.39, 0.29) is 5.56 Å². The Hall–Kier alpha value is -1.12. The maximum atomic E-state index is 12.1. The van der Waals surface area contributed by atoms with Crippen LogP contribution in [-0.2, 0) is 12.8 Å². The molecular weight excluding hydrogens is 224 g/mol. The van der Waals surface area contributed by atoms with Gasteiger partial charge in [0.05, 0.1) is 5.69 Å². The maximum absolute atomic E-state index is 12.1. The molecule has 0 aromatic carbocycles. The predicted molar refractivity (Wildman–Crippen MR) is 71.9 cm³/mol. The Labute approximate surface area is 108 Å². The van der Waals surface area contributed by atoms with Gasteiger partial charge in [-0.3, -0.25) is 4.79 Å². The number of aryl methyl sites for hydroxylation is 1. The summed E-state index contributed by atoms with van der Waals surface area (Å²) < 4.78 is 0. The van der Waals surface area contributed by atoms with Crippen LogP contribution < -0.4 is 5.56 Å². The fourth-order valence-corrected chi connectivity index (χ4v) is 3.50. The molecule has 1 fully saturated rings. The average molecular weight is 246 g/mol. The molecule has 1 heterocycles. The molecule has 18 heavy (non-hydrogen) atoms. The van der Waals surface area contributed by atoms with E-state index in [0.717, 1.165) is 42.3 Å². The SMILES string of the molecule is CC1CCCC(c2nc3c(c(=O)[nH]2)CCCC3)C1. The van der Waals surface area contributed by atoms with E-state index < -0.39 is 0 Å². The summed E-state index contributed by atoms with van der Waals surface area (Å²) in [6.07, 6.45) is 9.20. The van der Waals surface area contributed by atoms with E-state index in [1.165, 1.54) is 32.1 Å². The molecule has 98 valence electrons. The second-order valence-electron chi connectivity index (χ2n) is 6.05. The molecule has 0 bridgehead atoms. The van der Waals surface area contributed by atoms with Crippen LogP contribution in [0.15, 0.2) is 4.79 Å². The summed E-state index contributed by atoms with van der Waals surface area (Å²) in [6, 6.07) is 0. The van der Waals surface area contributed by atoms with E-state index in [9.17, 15) is 4.79 Å². The highest BCUT2D eigenvalue weighted by Crippen LogP contribution is 2.34. The van der Waals surface area contributed by atoms with Crippen molar-refractivity contribution < 1.29 is 0 Å². The summed E-state index contributed by atoms with van der Waals surface area (Å²) in [5.41, 5.74) is 2.17. The highest BCUT2D eigenvalue weighted by Gasteiger charge is 2.24. The molecule has 0 aliphatic heterocycles. The fraction of sp³-hybridized carbons (Fsp3) is 0.733. The topological polar surface area (TPSA) is 45.8 Å². The number of nitrogens with zero attached hydrogens (tertiary/aromatic N) is 1. The first-order chi connectivity index (χ1) is 8.74. The summed E-state index contributed by atoms with van der Waals surface area (Å²) >= 11 is 0. The van der Waals surface area contributed by atoms with Gasteiger partial charge >= 0.3 is 0 Å². The van der Waals surface area contributed by atoms with E-state index in [0.29, 0.717) is 5.92 Å². The monoisotopic (exact) mass is 246 g/mol. The minimum atomic E-state index is 0.132. The van der Waals surface area contributed by atoms with Crippen LogP contribution in [0.3, 0.4) is 0 Å². The molecule has 1 saturated carbocycles. The fourth-order valence-electron chi connectivity index (χ4n) is 3.50. The minimum absolute atomic E-state index is 0.132. The number of hydrogen-bond acceptors (Lipinski definition) is 2. The van der Waals surface area contributed by atoms with Gasteiger partial charge in [0.15, 0.2) is 0 Å². The van der Waals surface area contributed by atoms with Crippen molar-refractivity contribution >= 4 is 0 Å². The van der Waals surface area contributed by atoms with Gasteiger partial charge in [-0.05, 0) is 44.4 Å². The van der Waals surface area contributed by atoms with E-state index in [1.54, 1.807) is 0 Å². The van der Waals surface area contributed by atoms with Gasteiger partial charge in [-0.25, -0.2) is 4.98 Å². The number of hydrogen-bond donors (Lipinski definition) is 1. The van der Waals surface area contributed by atoms with Gasteiger partial charge in [0.25, 0.3) is 5.56 Å². The lowest BCUT2D eigenvalue weighted by Crippen LogP contribution is -2.25.